The number of rotatable bonds is 5. The van der Waals surface area contributed by atoms with Crippen molar-refractivity contribution in [3.8, 4) is 22.6 Å². The number of allylic oxidation sites excluding steroid dienone is 1. The highest BCUT2D eigenvalue weighted by Crippen LogP contribution is 2.33. The van der Waals surface area contributed by atoms with E-state index in [1.54, 1.807) is 21.1 Å². The summed E-state index contributed by atoms with van der Waals surface area (Å²) in [5.41, 5.74) is 3.47. The molecule has 0 aliphatic heterocycles. The maximum Gasteiger partial charge on any atom is 0.328 e. The molecule has 114 valence electrons. The van der Waals surface area contributed by atoms with Gasteiger partial charge in [-0.25, -0.2) is 4.79 Å². The molecule has 0 aromatic heterocycles. The number of hydrogen-bond donors (Lipinski definition) is 1. The predicted molar refractivity (Wildman–Crippen MR) is 86.3 cm³/mol. The van der Waals surface area contributed by atoms with Crippen LogP contribution < -0.4 is 9.47 Å². The maximum atomic E-state index is 10.7. The van der Waals surface area contributed by atoms with Gasteiger partial charge < -0.3 is 14.6 Å². The molecule has 0 atom stereocenters. The summed E-state index contributed by atoms with van der Waals surface area (Å²) in [7, 11) is 3.24. The molecule has 2 rings (SSSR count). The van der Waals surface area contributed by atoms with E-state index >= 15 is 0 Å². The first-order chi connectivity index (χ1) is 10.5. The summed E-state index contributed by atoms with van der Waals surface area (Å²) in [5, 5.41) is 8.80. The number of carboxylic acids is 1. The lowest BCUT2D eigenvalue weighted by molar-refractivity contribution is -0.131. The fourth-order valence-corrected chi connectivity index (χ4v) is 2.22. The van der Waals surface area contributed by atoms with E-state index in [1.165, 1.54) is 6.08 Å². The van der Waals surface area contributed by atoms with Gasteiger partial charge in [0.25, 0.3) is 0 Å². The number of aliphatic carboxylic acids is 1. The lowest BCUT2D eigenvalue weighted by Crippen LogP contribution is -1.92. The Morgan fingerprint density at radius 2 is 1.73 bits per heavy atom. The summed E-state index contributed by atoms with van der Waals surface area (Å²) < 4.78 is 10.6. The normalized spacial score (nSPS) is 11.1. The number of carbonyl (C=O) groups is 1. The highest BCUT2D eigenvalue weighted by atomic mass is 16.5. The van der Waals surface area contributed by atoms with Crippen LogP contribution in [-0.4, -0.2) is 25.3 Å². The summed E-state index contributed by atoms with van der Waals surface area (Å²) in [6.07, 6.45) is 1.20. The molecule has 2 aromatic rings. The van der Waals surface area contributed by atoms with Gasteiger partial charge in [-0.2, -0.15) is 0 Å². The summed E-state index contributed by atoms with van der Waals surface area (Å²) in [4.78, 5) is 10.7. The zero-order chi connectivity index (χ0) is 16.1. The van der Waals surface area contributed by atoms with Crippen molar-refractivity contribution in [1.82, 2.24) is 0 Å². The number of benzene rings is 2. The van der Waals surface area contributed by atoms with Gasteiger partial charge in [-0.05, 0) is 41.8 Å². The Balaban J connectivity index is 2.40. The van der Waals surface area contributed by atoms with Crippen LogP contribution in [0.3, 0.4) is 0 Å². The molecule has 0 saturated heterocycles. The molecule has 0 aliphatic rings. The van der Waals surface area contributed by atoms with Crippen LogP contribution in [0, 0.1) is 0 Å². The van der Waals surface area contributed by atoms with Crippen LogP contribution in [0.4, 0.5) is 0 Å². The van der Waals surface area contributed by atoms with E-state index in [4.69, 9.17) is 14.6 Å². The van der Waals surface area contributed by atoms with Crippen molar-refractivity contribution in [2.24, 2.45) is 0 Å². The molecule has 0 amide bonds. The fraction of sp³-hybridized carbons (Fsp3) is 0.167. The molecule has 2 aromatic carbocycles. The van der Waals surface area contributed by atoms with Gasteiger partial charge in [0.2, 0.25) is 0 Å². The standard InChI is InChI=1S/C18H18O4/c1-12(10-18(19)20)13-4-6-14(7-5-13)16-11-15(21-2)8-9-17(16)22-3/h4-11H,1-3H3,(H,19,20)/b12-10-. The Kier molecular flexibility index (Phi) is 4.84. The van der Waals surface area contributed by atoms with E-state index in [9.17, 15) is 4.79 Å². The van der Waals surface area contributed by atoms with Crippen LogP contribution in [0.25, 0.3) is 16.7 Å². The molecule has 0 radical (unpaired) electrons. The van der Waals surface area contributed by atoms with Crippen molar-refractivity contribution < 1.29 is 19.4 Å². The van der Waals surface area contributed by atoms with E-state index in [0.717, 1.165) is 28.2 Å². The van der Waals surface area contributed by atoms with Crippen molar-refractivity contribution in [3.63, 3.8) is 0 Å². The number of ether oxygens (including phenoxy) is 2. The highest BCUT2D eigenvalue weighted by Gasteiger charge is 2.08. The molecule has 0 unspecified atom stereocenters. The molecular weight excluding hydrogens is 280 g/mol. The van der Waals surface area contributed by atoms with Crippen LogP contribution in [0.1, 0.15) is 12.5 Å². The summed E-state index contributed by atoms with van der Waals surface area (Å²) in [6.45, 7) is 1.77. The fourth-order valence-electron chi connectivity index (χ4n) is 2.22. The first-order valence-electron chi connectivity index (χ1n) is 6.79. The van der Waals surface area contributed by atoms with Crippen molar-refractivity contribution in [3.05, 3.63) is 54.1 Å². The minimum Gasteiger partial charge on any atom is -0.497 e. The minimum absolute atomic E-state index is 0.705. The topological polar surface area (TPSA) is 55.8 Å². The van der Waals surface area contributed by atoms with Gasteiger partial charge in [0.05, 0.1) is 14.2 Å². The average Bonchev–Trinajstić information content (AvgIpc) is 2.53. The average molecular weight is 298 g/mol. The third-order valence-corrected chi connectivity index (χ3v) is 3.40. The van der Waals surface area contributed by atoms with E-state index in [1.807, 2.05) is 42.5 Å². The van der Waals surface area contributed by atoms with Gasteiger partial charge in [-0.15, -0.1) is 0 Å². The van der Waals surface area contributed by atoms with E-state index in [0.29, 0.717) is 5.57 Å². The molecule has 0 heterocycles. The number of methoxy groups -OCH3 is 2. The molecule has 4 nitrogen and oxygen atoms in total. The SMILES string of the molecule is COc1ccc(OC)c(-c2ccc(/C(C)=C\C(=O)O)cc2)c1. The monoisotopic (exact) mass is 298 g/mol. The van der Waals surface area contributed by atoms with Crippen LogP contribution in [0.15, 0.2) is 48.5 Å². The molecule has 4 heteroatoms. The van der Waals surface area contributed by atoms with E-state index < -0.39 is 5.97 Å². The zero-order valence-corrected chi connectivity index (χ0v) is 12.8. The third-order valence-electron chi connectivity index (χ3n) is 3.40. The second kappa shape index (κ2) is 6.80. The first kappa shape index (κ1) is 15.6. The Hall–Kier alpha value is -2.75. The second-order valence-electron chi connectivity index (χ2n) is 4.81. The Labute approximate surface area is 129 Å². The minimum atomic E-state index is -0.948. The maximum absolute atomic E-state index is 10.7. The van der Waals surface area contributed by atoms with Crippen molar-refractivity contribution in [2.45, 2.75) is 6.92 Å². The lowest BCUT2D eigenvalue weighted by Gasteiger charge is -2.11. The van der Waals surface area contributed by atoms with Crippen LogP contribution in [-0.2, 0) is 4.79 Å². The van der Waals surface area contributed by atoms with Crippen molar-refractivity contribution in [1.29, 1.82) is 0 Å². The smallest absolute Gasteiger partial charge is 0.328 e. The zero-order valence-electron chi connectivity index (χ0n) is 12.8. The molecule has 1 N–H and O–H groups in total. The molecule has 0 saturated carbocycles. The first-order valence-corrected chi connectivity index (χ1v) is 6.79. The lowest BCUT2D eigenvalue weighted by atomic mass is 10.00. The van der Waals surface area contributed by atoms with Gasteiger partial charge in [0.1, 0.15) is 11.5 Å². The van der Waals surface area contributed by atoms with Gasteiger partial charge in [0, 0.05) is 11.6 Å². The highest BCUT2D eigenvalue weighted by molar-refractivity contribution is 5.89. The largest absolute Gasteiger partial charge is 0.497 e. The van der Waals surface area contributed by atoms with Crippen LogP contribution in [0.2, 0.25) is 0 Å². The van der Waals surface area contributed by atoms with Gasteiger partial charge in [-0.1, -0.05) is 24.3 Å². The number of carboxylic acid groups (broad SMARTS) is 1. The Morgan fingerprint density at radius 3 is 2.27 bits per heavy atom. The summed E-state index contributed by atoms with van der Waals surface area (Å²) in [6, 6.07) is 13.3. The van der Waals surface area contributed by atoms with E-state index in [2.05, 4.69) is 0 Å². The van der Waals surface area contributed by atoms with Crippen molar-refractivity contribution >= 4 is 11.5 Å². The second-order valence-corrected chi connectivity index (χ2v) is 4.81. The molecule has 0 fully saturated rings. The third kappa shape index (κ3) is 3.47. The van der Waals surface area contributed by atoms with Gasteiger partial charge in [-0.3, -0.25) is 0 Å². The molecule has 0 bridgehead atoms. The van der Waals surface area contributed by atoms with E-state index in [-0.39, 0.29) is 0 Å². The van der Waals surface area contributed by atoms with Crippen LogP contribution in [0.5, 0.6) is 11.5 Å². The van der Waals surface area contributed by atoms with Gasteiger partial charge in [0.15, 0.2) is 0 Å². The summed E-state index contributed by atoms with van der Waals surface area (Å²) in [5.74, 6) is 0.559. The molecule has 0 spiro atoms. The van der Waals surface area contributed by atoms with Crippen LogP contribution >= 0.6 is 0 Å². The molecular formula is C18H18O4. The Morgan fingerprint density at radius 1 is 1.05 bits per heavy atom. The quantitative estimate of drug-likeness (QED) is 0.852. The van der Waals surface area contributed by atoms with Crippen molar-refractivity contribution in [2.75, 3.05) is 14.2 Å². The Bertz CT molecular complexity index is 700. The number of hydrogen-bond acceptors (Lipinski definition) is 3. The van der Waals surface area contributed by atoms with Gasteiger partial charge >= 0.3 is 5.97 Å². The molecule has 22 heavy (non-hydrogen) atoms. The molecule has 0 aliphatic carbocycles. The predicted octanol–water partition coefficient (Wildman–Crippen LogP) is 3.86. The summed E-state index contributed by atoms with van der Waals surface area (Å²) >= 11 is 0.